The van der Waals surface area contributed by atoms with Gasteiger partial charge in [-0.3, -0.25) is 4.79 Å². The van der Waals surface area contributed by atoms with E-state index in [0.717, 1.165) is 12.2 Å². The number of aromatic nitrogens is 3. The van der Waals surface area contributed by atoms with Crippen molar-refractivity contribution in [2.75, 3.05) is 0 Å². The first-order chi connectivity index (χ1) is 8.74. The minimum absolute atomic E-state index is 0.282. The van der Waals surface area contributed by atoms with Crippen molar-refractivity contribution in [1.82, 2.24) is 15.0 Å². The first-order valence-electron chi connectivity index (χ1n) is 5.80. The number of nitrogens with zero attached hydrogens (tertiary/aromatic N) is 3. The molecule has 18 heavy (non-hydrogen) atoms. The number of benzene rings is 1. The number of carbonyl (C=O) groups excluding carboxylic acids is 1. The van der Waals surface area contributed by atoms with Crippen molar-refractivity contribution in [3.63, 3.8) is 0 Å². The molecule has 0 radical (unpaired) electrons. The van der Waals surface area contributed by atoms with Gasteiger partial charge in [0.2, 0.25) is 0 Å². The summed E-state index contributed by atoms with van der Waals surface area (Å²) in [5.41, 5.74) is 2.21. The Morgan fingerprint density at radius 1 is 1.44 bits per heavy atom. The van der Waals surface area contributed by atoms with Crippen LogP contribution in [0.2, 0.25) is 0 Å². The molecule has 0 bridgehead atoms. The molecule has 0 saturated carbocycles. The highest BCUT2D eigenvalue weighted by atomic mass is 16.5. The summed E-state index contributed by atoms with van der Waals surface area (Å²) in [6, 6.07) is 7.89. The third kappa shape index (κ3) is 2.56. The molecule has 5 heteroatoms. The second-order valence-corrected chi connectivity index (χ2v) is 3.95. The molecule has 1 aromatic heterocycles. The third-order valence-corrected chi connectivity index (χ3v) is 2.77. The van der Waals surface area contributed by atoms with E-state index in [2.05, 4.69) is 23.3 Å². The van der Waals surface area contributed by atoms with Crippen LogP contribution in [0.25, 0.3) is 0 Å². The minimum atomic E-state index is 0.282. The molecule has 0 aliphatic rings. The molecule has 2 rings (SSSR count). The van der Waals surface area contributed by atoms with E-state index in [1.165, 1.54) is 5.56 Å². The molecule has 1 aromatic carbocycles. The number of carbonyl (C=O) groups is 1. The summed E-state index contributed by atoms with van der Waals surface area (Å²) in [5.74, 6) is 0.785. The van der Waals surface area contributed by atoms with Gasteiger partial charge in [-0.2, -0.15) is 0 Å². The average Bonchev–Trinajstić information content (AvgIpc) is 2.77. The number of aryl methyl sites for hydroxylation is 2. The van der Waals surface area contributed by atoms with E-state index in [9.17, 15) is 4.79 Å². The molecule has 0 aliphatic heterocycles. The first-order valence-corrected chi connectivity index (χ1v) is 5.80. The van der Waals surface area contributed by atoms with Gasteiger partial charge in [-0.25, -0.2) is 4.68 Å². The zero-order chi connectivity index (χ0) is 13.0. The summed E-state index contributed by atoms with van der Waals surface area (Å²) < 4.78 is 7.21. The Morgan fingerprint density at radius 2 is 2.28 bits per heavy atom. The standard InChI is InChI=1S/C13H15N3O2/c1-3-10-5-4-6-11(7-10)18-9-13-12(8-17)14-15-16(13)2/h4-8H,3,9H2,1-2H3. The van der Waals surface area contributed by atoms with Crippen molar-refractivity contribution in [2.24, 2.45) is 7.05 Å². The average molecular weight is 245 g/mol. The van der Waals surface area contributed by atoms with Crippen LogP contribution < -0.4 is 4.74 Å². The number of rotatable bonds is 5. The Labute approximate surface area is 105 Å². The molecule has 0 N–H and O–H groups in total. The Kier molecular flexibility index (Phi) is 3.72. The van der Waals surface area contributed by atoms with Crippen LogP contribution in [0, 0.1) is 0 Å². The number of hydrogen-bond donors (Lipinski definition) is 0. The summed E-state index contributed by atoms with van der Waals surface area (Å²) in [6.07, 6.45) is 1.65. The van der Waals surface area contributed by atoms with Crippen LogP contribution >= 0.6 is 0 Å². The third-order valence-electron chi connectivity index (χ3n) is 2.77. The van der Waals surface area contributed by atoms with Crippen LogP contribution in [0.1, 0.15) is 28.7 Å². The fraction of sp³-hybridized carbons (Fsp3) is 0.308. The zero-order valence-corrected chi connectivity index (χ0v) is 10.5. The fourth-order valence-corrected chi connectivity index (χ4v) is 1.66. The topological polar surface area (TPSA) is 57.0 Å². The Balaban J connectivity index is 2.11. The van der Waals surface area contributed by atoms with Gasteiger partial charge in [-0.05, 0) is 24.1 Å². The normalized spacial score (nSPS) is 10.3. The van der Waals surface area contributed by atoms with Crippen molar-refractivity contribution in [3.05, 3.63) is 41.2 Å². The molecule has 5 nitrogen and oxygen atoms in total. The van der Waals surface area contributed by atoms with E-state index < -0.39 is 0 Å². The maximum atomic E-state index is 10.8. The zero-order valence-electron chi connectivity index (χ0n) is 10.5. The molecule has 0 aliphatic carbocycles. The van der Waals surface area contributed by atoms with Crippen molar-refractivity contribution >= 4 is 6.29 Å². The molecule has 0 amide bonds. The summed E-state index contributed by atoms with van der Waals surface area (Å²) in [7, 11) is 1.74. The van der Waals surface area contributed by atoms with E-state index in [1.807, 2.05) is 18.2 Å². The lowest BCUT2D eigenvalue weighted by atomic mass is 10.2. The van der Waals surface area contributed by atoms with Crippen molar-refractivity contribution < 1.29 is 9.53 Å². The van der Waals surface area contributed by atoms with Gasteiger partial charge in [0.25, 0.3) is 0 Å². The molecule has 0 saturated heterocycles. The van der Waals surface area contributed by atoms with Crippen LogP contribution in [-0.2, 0) is 20.1 Å². The van der Waals surface area contributed by atoms with Gasteiger partial charge in [0.15, 0.2) is 12.0 Å². The lowest BCUT2D eigenvalue weighted by molar-refractivity contribution is 0.111. The second-order valence-electron chi connectivity index (χ2n) is 3.95. The van der Waals surface area contributed by atoms with E-state index >= 15 is 0 Å². The maximum absolute atomic E-state index is 10.8. The van der Waals surface area contributed by atoms with Crippen LogP contribution in [-0.4, -0.2) is 21.3 Å². The van der Waals surface area contributed by atoms with Crippen LogP contribution in [0.5, 0.6) is 5.75 Å². The summed E-state index contributed by atoms with van der Waals surface area (Å²) >= 11 is 0. The smallest absolute Gasteiger partial charge is 0.172 e. The monoisotopic (exact) mass is 245 g/mol. The van der Waals surface area contributed by atoms with Gasteiger partial charge in [0.1, 0.15) is 18.1 Å². The van der Waals surface area contributed by atoms with Gasteiger partial charge in [0, 0.05) is 7.05 Å². The minimum Gasteiger partial charge on any atom is -0.487 e. The predicted octanol–water partition coefficient (Wildman–Crippen LogP) is 1.77. The summed E-state index contributed by atoms with van der Waals surface area (Å²) in [4.78, 5) is 10.8. The lowest BCUT2D eigenvalue weighted by Gasteiger charge is -2.07. The maximum Gasteiger partial charge on any atom is 0.172 e. The number of aldehydes is 1. The van der Waals surface area contributed by atoms with Gasteiger partial charge in [-0.15, -0.1) is 5.10 Å². The van der Waals surface area contributed by atoms with E-state index in [-0.39, 0.29) is 6.61 Å². The predicted molar refractivity (Wildman–Crippen MR) is 66.5 cm³/mol. The Hall–Kier alpha value is -2.17. The second kappa shape index (κ2) is 5.44. The fourth-order valence-electron chi connectivity index (χ4n) is 1.66. The largest absolute Gasteiger partial charge is 0.487 e. The molecule has 0 atom stereocenters. The number of ether oxygens (including phenoxy) is 1. The molecule has 0 spiro atoms. The van der Waals surface area contributed by atoms with Crippen molar-refractivity contribution in [1.29, 1.82) is 0 Å². The molecule has 2 aromatic rings. The van der Waals surface area contributed by atoms with E-state index in [4.69, 9.17) is 4.74 Å². The van der Waals surface area contributed by atoms with E-state index in [0.29, 0.717) is 17.7 Å². The molecule has 0 unspecified atom stereocenters. The Morgan fingerprint density at radius 3 is 3.00 bits per heavy atom. The lowest BCUT2D eigenvalue weighted by Crippen LogP contribution is -2.05. The highest BCUT2D eigenvalue weighted by Gasteiger charge is 2.10. The highest BCUT2D eigenvalue weighted by molar-refractivity contribution is 5.73. The highest BCUT2D eigenvalue weighted by Crippen LogP contribution is 2.15. The molecular weight excluding hydrogens is 230 g/mol. The van der Waals surface area contributed by atoms with Gasteiger partial charge < -0.3 is 4.74 Å². The van der Waals surface area contributed by atoms with Gasteiger partial charge >= 0.3 is 0 Å². The van der Waals surface area contributed by atoms with Crippen molar-refractivity contribution in [2.45, 2.75) is 20.0 Å². The van der Waals surface area contributed by atoms with Crippen LogP contribution in [0.3, 0.4) is 0 Å². The number of hydrogen-bond acceptors (Lipinski definition) is 4. The SMILES string of the molecule is CCc1cccc(OCc2c(C=O)nnn2C)c1. The van der Waals surface area contributed by atoms with Crippen molar-refractivity contribution in [3.8, 4) is 5.75 Å². The van der Waals surface area contributed by atoms with Gasteiger partial charge in [0.05, 0.1) is 0 Å². The molecular formula is C13H15N3O2. The summed E-state index contributed by atoms with van der Waals surface area (Å²) in [5, 5.41) is 7.53. The molecule has 94 valence electrons. The van der Waals surface area contributed by atoms with Gasteiger partial charge in [-0.1, -0.05) is 24.3 Å². The Bertz CT molecular complexity index is 549. The van der Waals surface area contributed by atoms with E-state index in [1.54, 1.807) is 11.7 Å². The molecule has 1 heterocycles. The first kappa shape index (κ1) is 12.3. The van der Waals surface area contributed by atoms with Crippen LogP contribution in [0.15, 0.2) is 24.3 Å². The quantitative estimate of drug-likeness (QED) is 0.753. The molecule has 0 fully saturated rings. The van der Waals surface area contributed by atoms with Crippen LogP contribution in [0.4, 0.5) is 0 Å². The summed E-state index contributed by atoms with van der Waals surface area (Å²) in [6.45, 7) is 2.37.